The molecule has 0 aliphatic heterocycles. The van der Waals surface area contributed by atoms with Gasteiger partial charge in [0, 0.05) is 25.7 Å². The van der Waals surface area contributed by atoms with Crippen molar-refractivity contribution in [2.45, 2.75) is 111 Å². The maximum Gasteiger partial charge on any atom is 0.302 e. The minimum Gasteiger partial charge on any atom is -0.463 e. The zero-order valence-electron chi connectivity index (χ0n) is 25.1. The third-order valence-electron chi connectivity index (χ3n) is 12.4. The fourth-order valence-corrected chi connectivity index (χ4v) is 10.5. The van der Waals surface area contributed by atoms with E-state index >= 15 is 0 Å². The summed E-state index contributed by atoms with van der Waals surface area (Å²) in [6, 6.07) is 8.26. The lowest BCUT2D eigenvalue weighted by atomic mass is 9.43. The van der Waals surface area contributed by atoms with Gasteiger partial charge < -0.3 is 14.5 Å². The number of carbonyl (C=O) groups excluding carboxylic acids is 2. The molecule has 1 aromatic carbocycles. The Morgan fingerprint density at radius 1 is 1.00 bits per heavy atom. The maximum absolute atomic E-state index is 12.5. The summed E-state index contributed by atoms with van der Waals surface area (Å²) in [5.74, 6) is 4.28. The second kappa shape index (κ2) is 10.5. The Morgan fingerprint density at radius 2 is 1.77 bits per heavy atom. The number of aryl methyl sites for hydroxylation is 1. The van der Waals surface area contributed by atoms with Gasteiger partial charge in [0.25, 0.3) is 0 Å². The van der Waals surface area contributed by atoms with E-state index in [1.165, 1.54) is 32.6 Å². The quantitative estimate of drug-likeness (QED) is 0.384. The molecule has 218 valence electrons. The first-order valence-electron chi connectivity index (χ1n) is 15.9. The summed E-state index contributed by atoms with van der Waals surface area (Å²) >= 11 is 0. The highest BCUT2D eigenvalue weighted by atomic mass is 16.5. The van der Waals surface area contributed by atoms with Crippen LogP contribution in [0.2, 0.25) is 0 Å². The highest BCUT2D eigenvalue weighted by molar-refractivity contribution is 5.74. The van der Waals surface area contributed by atoms with E-state index in [1.54, 1.807) is 6.92 Å². The number of aromatic amines is 1. The molecule has 0 radical (unpaired) electrons. The molecule has 0 bridgehead atoms. The molecule has 1 aromatic heterocycles. The van der Waals surface area contributed by atoms with Crippen LogP contribution in [-0.2, 0) is 25.5 Å². The summed E-state index contributed by atoms with van der Waals surface area (Å²) in [5, 5.41) is 0. The highest BCUT2D eigenvalue weighted by Crippen LogP contribution is 2.69. The van der Waals surface area contributed by atoms with E-state index in [0.717, 1.165) is 55.4 Å². The van der Waals surface area contributed by atoms with Crippen molar-refractivity contribution in [3.8, 4) is 0 Å². The molecule has 6 rings (SSSR count). The van der Waals surface area contributed by atoms with E-state index in [4.69, 9.17) is 14.5 Å². The molecule has 40 heavy (non-hydrogen) atoms. The van der Waals surface area contributed by atoms with Crippen molar-refractivity contribution >= 4 is 23.0 Å². The number of hydrogen-bond donors (Lipinski definition) is 1. The van der Waals surface area contributed by atoms with Gasteiger partial charge in [-0.15, -0.1) is 0 Å². The second-order valence-corrected chi connectivity index (χ2v) is 14.3. The van der Waals surface area contributed by atoms with Gasteiger partial charge >= 0.3 is 11.9 Å². The summed E-state index contributed by atoms with van der Waals surface area (Å²) in [4.78, 5) is 32.5. The molecule has 4 aliphatic carbocycles. The Labute approximate surface area is 239 Å². The van der Waals surface area contributed by atoms with Crippen LogP contribution in [0.5, 0.6) is 0 Å². The number of nitrogens with zero attached hydrogens (tertiary/aromatic N) is 1. The number of benzene rings is 1. The molecule has 4 saturated carbocycles. The van der Waals surface area contributed by atoms with E-state index in [-0.39, 0.29) is 35.0 Å². The number of para-hydroxylation sites is 2. The molecule has 4 fully saturated rings. The molecular weight excluding hydrogens is 500 g/mol. The van der Waals surface area contributed by atoms with Gasteiger partial charge in [-0.3, -0.25) is 9.59 Å². The lowest BCUT2D eigenvalue weighted by molar-refractivity contribution is -0.197. The SMILES string of the molecule is CC(=O)O[C@H]1CC[C@@]2(C)[C@@H](CC[C@H]3[C@H]2C[C@@H](OC(C)=O)[C@@]2(C)[C@@H]3CC[C@H]2[C@H](C)CCc2nc3ccccc3[nH]2)C1. The number of hydrogen-bond acceptors (Lipinski definition) is 5. The van der Waals surface area contributed by atoms with Gasteiger partial charge in [0.15, 0.2) is 0 Å². The summed E-state index contributed by atoms with van der Waals surface area (Å²) in [6.45, 7) is 10.5. The average Bonchev–Trinajstić information content (AvgIpc) is 3.49. The summed E-state index contributed by atoms with van der Waals surface area (Å²) in [6.07, 6.45) is 11.0. The predicted molar refractivity (Wildman–Crippen MR) is 155 cm³/mol. The second-order valence-electron chi connectivity index (χ2n) is 14.3. The van der Waals surface area contributed by atoms with E-state index in [1.807, 2.05) is 6.07 Å². The van der Waals surface area contributed by atoms with Crippen LogP contribution in [0.3, 0.4) is 0 Å². The van der Waals surface area contributed by atoms with Crippen molar-refractivity contribution < 1.29 is 19.1 Å². The summed E-state index contributed by atoms with van der Waals surface area (Å²) < 4.78 is 12.0. The van der Waals surface area contributed by atoms with Gasteiger partial charge in [-0.2, -0.15) is 0 Å². The zero-order valence-corrected chi connectivity index (χ0v) is 25.1. The Balaban J connectivity index is 1.22. The van der Waals surface area contributed by atoms with Crippen LogP contribution < -0.4 is 0 Å². The number of aromatic nitrogens is 2. The number of carbonyl (C=O) groups is 2. The van der Waals surface area contributed by atoms with Gasteiger partial charge in [0.1, 0.15) is 18.0 Å². The van der Waals surface area contributed by atoms with Crippen molar-refractivity contribution in [2.75, 3.05) is 0 Å². The summed E-state index contributed by atoms with van der Waals surface area (Å²) in [5.41, 5.74) is 2.39. The van der Waals surface area contributed by atoms with Crippen LogP contribution in [0.1, 0.15) is 98.2 Å². The minimum atomic E-state index is -0.155. The normalized spacial score (nSPS) is 39.6. The van der Waals surface area contributed by atoms with Crippen LogP contribution in [0.4, 0.5) is 0 Å². The smallest absolute Gasteiger partial charge is 0.302 e. The molecule has 0 spiro atoms. The Hall–Kier alpha value is -2.37. The Morgan fingerprint density at radius 3 is 2.52 bits per heavy atom. The highest BCUT2D eigenvalue weighted by Gasteiger charge is 2.65. The van der Waals surface area contributed by atoms with Gasteiger partial charge in [0.2, 0.25) is 0 Å². The van der Waals surface area contributed by atoms with Crippen LogP contribution in [0.15, 0.2) is 24.3 Å². The molecule has 6 nitrogen and oxygen atoms in total. The molecule has 4 aliphatic rings. The lowest BCUT2D eigenvalue weighted by Crippen LogP contribution is -2.59. The van der Waals surface area contributed by atoms with Gasteiger partial charge in [-0.1, -0.05) is 32.9 Å². The third kappa shape index (κ3) is 4.67. The van der Waals surface area contributed by atoms with Gasteiger partial charge in [-0.25, -0.2) is 4.98 Å². The first-order chi connectivity index (χ1) is 19.1. The first kappa shape index (κ1) is 27.8. The topological polar surface area (TPSA) is 81.3 Å². The molecule has 1 N–H and O–H groups in total. The fraction of sp³-hybridized carbons (Fsp3) is 0.735. The van der Waals surface area contributed by atoms with Crippen LogP contribution in [0, 0.1) is 46.3 Å². The van der Waals surface area contributed by atoms with E-state index in [9.17, 15) is 9.59 Å². The number of ether oxygens (including phenoxy) is 2. The average molecular weight is 549 g/mol. The zero-order chi connectivity index (χ0) is 28.2. The number of rotatable bonds is 6. The van der Waals surface area contributed by atoms with Gasteiger partial charge in [0.05, 0.1) is 11.0 Å². The predicted octanol–water partition coefficient (Wildman–Crippen LogP) is 7.26. The molecule has 0 saturated heterocycles. The van der Waals surface area contributed by atoms with Crippen LogP contribution in [-0.4, -0.2) is 34.1 Å². The number of esters is 2. The van der Waals surface area contributed by atoms with Crippen LogP contribution >= 0.6 is 0 Å². The van der Waals surface area contributed by atoms with Crippen molar-refractivity contribution in [1.29, 1.82) is 0 Å². The Bertz CT molecular complexity index is 1220. The maximum atomic E-state index is 12.5. The monoisotopic (exact) mass is 548 g/mol. The van der Waals surface area contributed by atoms with Gasteiger partial charge in [-0.05, 0) is 111 Å². The molecule has 2 aromatic rings. The van der Waals surface area contributed by atoms with Crippen molar-refractivity contribution in [2.24, 2.45) is 46.3 Å². The fourth-order valence-electron chi connectivity index (χ4n) is 10.5. The molecular formula is C34H48N2O4. The number of imidazole rings is 1. The number of fused-ring (bicyclic) bond motifs is 6. The van der Waals surface area contributed by atoms with E-state index in [0.29, 0.717) is 35.5 Å². The van der Waals surface area contributed by atoms with Crippen molar-refractivity contribution in [3.05, 3.63) is 30.1 Å². The van der Waals surface area contributed by atoms with E-state index in [2.05, 4.69) is 44.0 Å². The van der Waals surface area contributed by atoms with Crippen molar-refractivity contribution in [3.63, 3.8) is 0 Å². The molecule has 0 amide bonds. The first-order valence-corrected chi connectivity index (χ1v) is 15.9. The number of nitrogens with one attached hydrogen (secondary N) is 1. The third-order valence-corrected chi connectivity index (χ3v) is 12.4. The molecule has 6 heteroatoms. The largest absolute Gasteiger partial charge is 0.463 e. The molecule has 10 atom stereocenters. The Kier molecular flexibility index (Phi) is 7.28. The standard InChI is InChI=1S/C34H48N2O4/c1-20(10-15-32-35-29-8-6-7-9-30(29)36-32)26-13-14-27-25-12-11-23-18-24(39-21(2)37)16-17-33(23,4)28(25)19-31(34(26,27)5)40-22(3)38/h6-9,20,23-28,31H,10-19H2,1-5H3,(H,35,36)/t20-,23+,24+,25-,26+,27-,28-,31-,33+,34-/m1/s1. The van der Waals surface area contributed by atoms with Crippen LogP contribution in [0.25, 0.3) is 11.0 Å². The molecule has 1 heterocycles. The number of H-pyrrole nitrogens is 1. The minimum absolute atomic E-state index is 0.0122. The lowest BCUT2D eigenvalue weighted by Gasteiger charge is -2.62. The summed E-state index contributed by atoms with van der Waals surface area (Å²) in [7, 11) is 0. The van der Waals surface area contributed by atoms with Crippen molar-refractivity contribution in [1.82, 2.24) is 9.97 Å². The van der Waals surface area contributed by atoms with E-state index < -0.39 is 0 Å². The molecule has 0 unspecified atom stereocenters.